The van der Waals surface area contributed by atoms with Gasteiger partial charge in [0, 0.05) is 12.4 Å². The number of hydrogen-bond acceptors (Lipinski definition) is 4. The highest BCUT2D eigenvalue weighted by Gasteiger charge is 2.12. The summed E-state index contributed by atoms with van der Waals surface area (Å²) in [4.78, 5) is 16.1. The van der Waals surface area contributed by atoms with E-state index in [0.29, 0.717) is 16.0 Å². The van der Waals surface area contributed by atoms with Gasteiger partial charge in [-0.1, -0.05) is 18.2 Å². The number of para-hydroxylation sites is 1. The molecule has 0 aliphatic carbocycles. The van der Waals surface area contributed by atoms with Crippen LogP contribution in [0.4, 0.5) is 5.69 Å². The third-order valence-electron chi connectivity index (χ3n) is 3.28. The molecule has 7 heteroatoms. The van der Waals surface area contributed by atoms with E-state index >= 15 is 0 Å². The average Bonchev–Trinajstić information content (AvgIpc) is 2.97. The summed E-state index contributed by atoms with van der Waals surface area (Å²) < 4.78 is 7.86. The van der Waals surface area contributed by atoms with Gasteiger partial charge >= 0.3 is 0 Å². The van der Waals surface area contributed by atoms with Gasteiger partial charge in [0.1, 0.15) is 0 Å². The van der Waals surface area contributed by atoms with Crippen molar-refractivity contribution in [1.82, 2.24) is 14.8 Å². The summed E-state index contributed by atoms with van der Waals surface area (Å²) in [5.74, 6) is 0.0872. The van der Waals surface area contributed by atoms with Gasteiger partial charge in [-0.2, -0.15) is 0 Å². The Morgan fingerprint density at radius 1 is 1.25 bits per heavy atom. The van der Waals surface area contributed by atoms with E-state index in [1.807, 2.05) is 37.3 Å². The molecule has 24 heavy (non-hydrogen) atoms. The van der Waals surface area contributed by atoms with Crippen LogP contribution >= 0.6 is 15.9 Å². The molecular formula is C17H15BrN4O2. The molecule has 6 nitrogen and oxygen atoms in total. The van der Waals surface area contributed by atoms with Crippen LogP contribution in [0.2, 0.25) is 0 Å². The third kappa shape index (κ3) is 3.80. The predicted molar refractivity (Wildman–Crippen MR) is 94.4 cm³/mol. The lowest BCUT2D eigenvalue weighted by atomic mass is 10.3. The van der Waals surface area contributed by atoms with Crippen molar-refractivity contribution in [1.29, 1.82) is 0 Å². The maximum atomic E-state index is 12.0. The number of nitrogens with zero attached hydrogens (tertiary/aromatic N) is 3. The van der Waals surface area contributed by atoms with Crippen LogP contribution in [0.1, 0.15) is 5.69 Å². The molecule has 0 fully saturated rings. The molecule has 3 rings (SSSR count). The fourth-order valence-electron chi connectivity index (χ4n) is 2.08. The first-order chi connectivity index (χ1) is 11.6. The number of anilines is 1. The van der Waals surface area contributed by atoms with Crippen molar-refractivity contribution in [3.05, 3.63) is 65.0 Å². The van der Waals surface area contributed by atoms with Gasteiger partial charge in [-0.05, 0) is 47.1 Å². The summed E-state index contributed by atoms with van der Waals surface area (Å²) in [5, 5.41) is 7.09. The first-order valence-corrected chi connectivity index (χ1v) is 8.07. The molecule has 1 amide bonds. The number of aromatic nitrogens is 3. The second kappa shape index (κ2) is 7.27. The maximum absolute atomic E-state index is 12.0. The zero-order chi connectivity index (χ0) is 16.9. The zero-order valence-electron chi connectivity index (χ0n) is 12.9. The van der Waals surface area contributed by atoms with Crippen molar-refractivity contribution >= 4 is 27.5 Å². The number of hydrogen-bond donors (Lipinski definition) is 1. The Hall–Kier alpha value is -2.67. The number of carbonyl (C=O) groups is 1. The molecule has 1 aromatic carbocycles. The summed E-state index contributed by atoms with van der Waals surface area (Å²) in [7, 11) is 0. The van der Waals surface area contributed by atoms with Crippen molar-refractivity contribution < 1.29 is 9.53 Å². The second-order valence-electron chi connectivity index (χ2n) is 5.04. The third-order valence-corrected chi connectivity index (χ3v) is 3.82. The molecule has 2 heterocycles. The highest BCUT2D eigenvalue weighted by atomic mass is 79.9. The van der Waals surface area contributed by atoms with E-state index in [2.05, 4.69) is 31.3 Å². The first kappa shape index (κ1) is 16.2. The topological polar surface area (TPSA) is 69.0 Å². The number of carbonyl (C=O) groups excluding carboxylic acids is 1. The number of nitrogens with one attached hydrogen (secondary N) is 1. The van der Waals surface area contributed by atoms with E-state index in [1.54, 1.807) is 29.2 Å². The Morgan fingerprint density at radius 3 is 2.79 bits per heavy atom. The predicted octanol–water partition coefficient (Wildman–Crippen LogP) is 3.36. The highest BCUT2D eigenvalue weighted by Crippen LogP contribution is 2.24. The van der Waals surface area contributed by atoms with Crippen molar-refractivity contribution in [3.8, 4) is 11.6 Å². The molecule has 0 aliphatic heterocycles. The monoisotopic (exact) mass is 386 g/mol. The molecule has 0 unspecified atom stereocenters. The smallest absolute Gasteiger partial charge is 0.262 e. The zero-order valence-corrected chi connectivity index (χ0v) is 14.5. The number of pyridine rings is 1. The molecule has 1 N–H and O–H groups in total. The lowest BCUT2D eigenvalue weighted by molar-refractivity contribution is -0.118. The number of rotatable bonds is 5. The molecule has 3 aromatic rings. The molecule has 0 atom stereocenters. The van der Waals surface area contributed by atoms with Crippen molar-refractivity contribution in [3.63, 3.8) is 0 Å². The van der Waals surface area contributed by atoms with Crippen molar-refractivity contribution in [2.45, 2.75) is 6.92 Å². The number of aryl methyl sites for hydroxylation is 1. The van der Waals surface area contributed by atoms with E-state index in [-0.39, 0.29) is 12.5 Å². The summed E-state index contributed by atoms with van der Waals surface area (Å²) >= 11 is 3.39. The van der Waals surface area contributed by atoms with Gasteiger partial charge in [0.2, 0.25) is 5.88 Å². The van der Waals surface area contributed by atoms with Crippen LogP contribution in [0.3, 0.4) is 0 Å². The maximum Gasteiger partial charge on any atom is 0.262 e. The Balaban J connectivity index is 1.64. The molecule has 0 bridgehead atoms. The van der Waals surface area contributed by atoms with Crippen LogP contribution < -0.4 is 10.1 Å². The van der Waals surface area contributed by atoms with E-state index in [0.717, 1.165) is 11.4 Å². The molecule has 0 saturated carbocycles. The minimum atomic E-state index is -0.271. The van der Waals surface area contributed by atoms with E-state index in [1.165, 1.54) is 0 Å². The van der Waals surface area contributed by atoms with Gasteiger partial charge in [0.25, 0.3) is 5.91 Å². The Labute approximate surface area is 147 Å². The van der Waals surface area contributed by atoms with Crippen LogP contribution in [0, 0.1) is 6.92 Å². The van der Waals surface area contributed by atoms with Crippen LogP contribution in [0.5, 0.6) is 5.88 Å². The van der Waals surface area contributed by atoms with Gasteiger partial charge in [-0.3, -0.25) is 9.78 Å². The summed E-state index contributed by atoms with van der Waals surface area (Å²) in [6.45, 7) is 1.69. The number of halogens is 1. The number of benzene rings is 1. The summed E-state index contributed by atoms with van der Waals surface area (Å²) in [5.41, 5.74) is 2.32. The molecular weight excluding hydrogens is 372 g/mol. The van der Waals surface area contributed by atoms with Crippen molar-refractivity contribution in [2.75, 3.05) is 11.9 Å². The first-order valence-electron chi connectivity index (χ1n) is 7.28. The molecule has 0 radical (unpaired) electrons. The molecule has 122 valence electrons. The van der Waals surface area contributed by atoms with Gasteiger partial charge < -0.3 is 10.1 Å². The Kier molecular flexibility index (Phi) is 4.90. The van der Waals surface area contributed by atoms with E-state index in [4.69, 9.17) is 4.74 Å². The largest absolute Gasteiger partial charge is 0.466 e. The molecule has 0 spiro atoms. The standard InChI is InChI=1S/C17H15BrN4O2/c1-12-15(8-5-9-19-12)20-16(23)11-24-17-14(18)10-22(21-17)13-6-3-2-4-7-13/h2-10H,11H2,1H3,(H,20,23). The average molecular weight is 387 g/mol. The summed E-state index contributed by atoms with van der Waals surface area (Å²) in [6, 6.07) is 13.2. The molecule has 0 saturated heterocycles. The Morgan fingerprint density at radius 2 is 2.04 bits per heavy atom. The normalized spacial score (nSPS) is 10.4. The van der Waals surface area contributed by atoms with Gasteiger partial charge in [0.05, 0.1) is 21.5 Å². The minimum Gasteiger partial charge on any atom is -0.466 e. The number of ether oxygens (including phenoxy) is 1. The fourth-order valence-corrected chi connectivity index (χ4v) is 2.47. The quantitative estimate of drug-likeness (QED) is 0.729. The van der Waals surface area contributed by atoms with E-state index in [9.17, 15) is 4.79 Å². The van der Waals surface area contributed by atoms with Crippen LogP contribution in [0.25, 0.3) is 5.69 Å². The van der Waals surface area contributed by atoms with Gasteiger partial charge in [-0.15, -0.1) is 5.10 Å². The van der Waals surface area contributed by atoms with Crippen LogP contribution in [-0.2, 0) is 4.79 Å². The van der Waals surface area contributed by atoms with Gasteiger partial charge in [0.15, 0.2) is 6.61 Å². The van der Waals surface area contributed by atoms with Gasteiger partial charge in [-0.25, -0.2) is 4.68 Å². The SMILES string of the molecule is Cc1ncccc1NC(=O)COc1nn(-c2ccccc2)cc1Br. The van der Waals surface area contributed by atoms with Crippen LogP contribution in [0.15, 0.2) is 59.3 Å². The minimum absolute atomic E-state index is 0.140. The lowest BCUT2D eigenvalue weighted by Crippen LogP contribution is -2.21. The van der Waals surface area contributed by atoms with E-state index < -0.39 is 0 Å². The summed E-state index contributed by atoms with van der Waals surface area (Å²) in [6.07, 6.45) is 3.46. The fraction of sp³-hybridized carbons (Fsp3) is 0.118. The Bertz CT molecular complexity index is 849. The molecule has 0 aliphatic rings. The highest BCUT2D eigenvalue weighted by molar-refractivity contribution is 9.10. The lowest BCUT2D eigenvalue weighted by Gasteiger charge is -2.07. The molecule has 2 aromatic heterocycles. The number of amides is 1. The van der Waals surface area contributed by atoms with Crippen LogP contribution in [-0.4, -0.2) is 27.3 Å². The van der Waals surface area contributed by atoms with Crippen molar-refractivity contribution in [2.24, 2.45) is 0 Å². The second-order valence-corrected chi connectivity index (χ2v) is 5.89.